The van der Waals surface area contributed by atoms with Crippen molar-refractivity contribution in [2.75, 3.05) is 16.9 Å². The normalized spacial score (nSPS) is 10.7. The van der Waals surface area contributed by atoms with Gasteiger partial charge in [-0.25, -0.2) is 4.68 Å². The van der Waals surface area contributed by atoms with Gasteiger partial charge in [-0.1, -0.05) is 59.8 Å². The van der Waals surface area contributed by atoms with Crippen molar-refractivity contribution in [3.63, 3.8) is 0 Å². The molecular weight excluding hydrogens is 346 g/mol. The summed E-state index contributed by atoms with van der Waals surface area (Å²) in [4.78, 5) is 12.2. The summed E-state index contributed by atoms with van der Waals surface area (Å²) < 4.78 is 1.45. The van der Waals surface area contributed by atoms with Gasteiger partial charge in [0.15, 0.2) is 5.82 Å². The molecule has 0 aliphatic rings. The highest BCUT2D eigenvalue weighted by molar-refractivity contribution is 7.99. The van der Waals surface area contributed by atoms with E-state index in [-0.39, 0.29) is 11.7 Å². The largest absolute Gasteiger partial charge is 0.336 e. The average molecular weight is 367 g/mol. The molecule has 0 fully saturated rings. The van der Waals surface area contributed by atoms with Crippen LogP contribution in [-0.4, -0.2) is 26.5 Å². The van der Waals surface area contributed by atoms with Crippen LogP contribution >= 0.6 is 11.8 Å². The SMILES string of the molecule is Cc1ccc(NC(=O)CSc2nnc(Cc3ccccc3)n2N)c(C)c1. The van der Waals surface area contributed by atoms with Crippen LogP contribution in [0.5, 0.6) is 0 Å². The molecule has 3 aromatic rings. The third-order valence-corrected chi connectivity index (χ3v) is 4.87. The Bertz CT molecular complexity index is 908. The standard InChI is InChI=1S/C19H21N5OS/c1-13-8-9-16(14(2)10-13)21-18(25)12-26-19-23-22-17(24(19)20)11-15-6-4-3-5-7-15/h3-10H,11-12,20H2,1-2H3,(H,21,25). The summed E-state index contributed by atoms with van der Waals surface area (Å²) in [5.74, 6) is 6.84. The van der Waals surface area contributed by atoms with Gasteiger partial charge in [0.25, 0.3) is 0 Å². The van der Waals surface area contributed by atoms with Crippen molar-refractivity contribution in [2.45, 2.75) is 25.4 Å². The van der Waals surface area contributed by atoms with Crippen molar-refractivity contribution in [2.24, 2.45) is 0 Å². The molecule has 6 nitrogen and oxygen atoms in total. The fraction of sp³-hybridized carbons (Fsp3) is 0.211. The minimum absolute atomic E-state index is 0.102. The van der Waals surface area contributed by atoms with Crippen molar-refractivity contribution >= 4 is 23.4 Å². The lowest BCUT2D eigenvalue weighted by molar-refractivity contribution is -0.113. The third-order valence-electron chi connectivity index (χ3n) is 3.93. The Hall–Kier alpha value is -2.80. The molecular formula is C19H21N5OS. The summed E-state index contributed by atoms with van der Waals surface area (Å²) in [6, 6.07) is 15.9. The molecule has 0 unspecified atom stereocenters. The minimum atomic E-state index is -0.102. The van der Waals surface area contributed by atoms with E-state index < -0.39 is 0 Å². The van der Waals surface area contributed by atoms with E-state index in [0.29, 0.717) is 17.4 Å². The summed E-state index contributed by atoms with van der Waals surface area (Å²) in [6.07, 6.45) is 0.597. The molecule has 3 N–H and O–H groups in total. The summed E-state index contributed by atoms with van der Waals surface area (Å²) >= 11 is 1.27. The van der Waals surface area contributed by atoms with Crippen LogP contribution < -0.4 is 11.2 Å². The molecule has 0 radical (unpaired) electrons. The van der Waals surface area contributed by atoms with E-state index in [0.717, 1.165) is 22.4 Å². The smallest absolute Gasteiger partial charge is 0.234 e. The van der Waals surface area contributed by atoms with Gasteiger partial charge in [-0.15, -0.1) is 10.2 Å². The van der Waals surface area contributed by atoms with Crippen molar-refractivity contribution in [3.05, 3.63) is 71.0 Å². The molecule has 134 valence electrons. The van der Waals surface area contributed by atoms with Gasteiger partial charge in [0.05, 0.1) is 5.75 Å². The number of rotatable bonds is 6. The first-order chi connectivity index (χ1) is 12.5. The number of thioether (sulfide) groups is 1. The van der Waals surface area contributed by atoms with E-state index in [1.54, 1.807) is 0 Å². The lowest BCUT2D eigenvalue weighted by Gasteiger charge is -2.09. The van der Waals surface area contributed by atoms with Crippen molar-refractivity contribution < 1.29 is 4.79 Å². The zero-order chi connectivity index (χ0) is 18.5. The van der Waals surface area contributed by atoms with E-state index >= 15 is 0 Å². The number of nitrogens with zero attached hydrogens (tertiary/aromatic N) is 3. The molecule has 0 aliphatic carbocycles. The molecule has 1 heterocycles. The first-order valence-electron chi connectivity index (χ1n) is 8.26. The second-order valence-electron chi connectivity index (χ2n) is 6.09. The lowest BCUT2D eigenvalue weighted by atomic mass is 10.1. The molecule has 0 saturated heterocycles. The Morgan fingerprint density at radius 3 is 2.65 bits per heavy atom. The van der Waals surface area contributed by atoms with Crippen LogP contribution in [0.3, 0.4) is 0 Å². The molecule has 3 rings (SSSR count). The number of nitrogens with two attached hydrogens (primary N) is 1. The minimum Gasteiger partial charge on any atom is -0.336 e. The van der Waals surface area contributed by atoms with Gasteiger partial charge in [-0.05, 0) is 31.0 Å². The number of hydrogen-bond donors (Lipinski definition) is 2. The number of aryl methyl sites for hydroxylation is 2. The third kappa shape index (κ3) is 4.43. The summed E-state index contributed by atoms with van der Waals surface area (Å²) in [5.41, 5.74) is 4.13. The number of anilines is 1. The number of carbonyl (C=O) groups is 1. The first-order valence-corrected chi connectivity index (χ1v) is 9.24. The fourth-order valence-corrected chi connectivity index (χ4v) is 3.25. The Labute approximate surface area is 156 Å². The highest BCUT2D eigenvalue weighted by atomic mass is 32.2. The van der Waals surface area contributed by atoms with Gasteiger partial charge in [-0.2, -0.15) is 0 Å². The highest BCUT2D eigenvalue weighted by Crippen LogP contribution is 2.19. The second-order valence-corrected chi connectivity index (χ2v) is 7.03. The van der Waals surface area contributed by atoms with Crippen molar-refractivity contribution in [3.8, 4) is 0 Å². The van der Waals surface area contributed by atoms with Gasteiger partial charge in [0.1, 0.15) is 0 Å². The van der Waals surface area contributed by atoms with E-state index in [2.05, 4.69) is 15.5 Å². The number of carbonyl (C=O) groups excluding carboxylic acids is 1. The summed E-state index contributed by atoms with van der Waals surface area (Å²) in [7, 11) is 0. The van der Waals surface area contributed by atoms with E-state index in [9.17, 15) is 4.79 Å². The van der Waals surface area contributed by atoms with Crippen molar-refractivity contribution in [1.82, 2.24) is 14.9 Å². The van der Waals surface area contributed by atoms with Crippen LogP contribution in [0.15, 0.2) is 53.7 Å². The molecule has 7 heteroatoms. The Kier molecular flexibility index (Phi) is 5.58. The number of aromatic nitrogens is 3. The summed E-state index contributed by atoms with van der Waals surface area (Å²) in [6.45, 7) is 4.00. The molecule has 1 aromatic heterocycles. The topological polar surface area (TPSA) is 85.8 Å². The second kappa shape index (κ2) is 8.05. The van der Waals surface area contributed by atoms with Gasteiger partial charge >= 0.3 is 0 Å². The summed E-state index contributed by atoms with van der Waals surface area (Å²) in [5, 5.41) is 11.7. The van der Waals surface area contributed by atoms with Crippen LogP contribution in [0.2, 0.25) is 0 Å². The maximum Gasteiger partial charge on any atom is 0.234 e. The number of nitrogen functional groups attached to an aromatic ring is 1. The number of nitrogens with one attached hydrogen (secondary N) is 1. The van der Waals surface area contributed by atoms with Gasteiger partial charge in [0, 0.05) is 12.1 Å². The van der Waals surface area contributed by atoms with Gasteiger partial charge in [0.2, 0.25) is 11.1 Å². The lowest BCUT2D eigenvalue weighted by Crippen LogP contribution is -2.17. The van der Waals surface area contributed by atoms with Crippen LogP contribution in [0, 0.1) is 13.8 Å². The number of amides is 1. The quantitative estimate of drug-likeness (QED) is 0.517. The Morgan fingerprint density at radius 1 is 1.15 bits per heavy atom. The molecule has 0 atom stereocenters. The monoisotopic (exact) mass is 367 g/mol. The Morgan fingerprint density at radius 2 is 1.92 bits per heavy atom. The molecule has 0 bridgehead atoms. The molecule has 0 aliphatic heterocycles. The van der Waals surface area contributed by atoms with E-state index in [4.69, 9.17) is 5.84 Å². The van der Waals surface area contributed by atoms with Crippen LogP contribution in [0.25, 0.3) is 0 Å². The number of hydrogen-bond acceptors (Lipinski definition) is 5. The van der Waals surface area contributed by atoms with E-state index in [1.807, 2.05) is 62.4 Å². The molecule has 1 amide bonds. The van der Waals surface area contributed by atoms with Gasteiger partial charge < -0.3 is 11.2 Å². The maximum atomic E-state index is 12.2. The van der Waals surface area contributed by atoms with Crippen LogP contribution in [0.1, 0.15) is 22.5 Å². The first kappa shape index (κ1) is 18.0. The molecule has 2 aromatic carbocycles. The number of benzene rings is 2. The average Bonchev–Trinajstić information content (AvgIpc) is 2.96. The predicted octanol–water partition coefficient (Wildman–Crippen LogP) is 2.93. The highest BCUT2D eigenvalue weighted by Gasteiger charge is 2.13. The van der Waals surface area contributed by atoms with E-state index in [1.165, 1.54) is 16.4 Å². The van der Waals surface area contributed by atoms with Crippen molar-refractivity contribution in [1.29, 1.82) is 0 Å². The van der Waals surface area contributed by atoms with Crippen LogP contribution in [0.4, 0.5) is 5.69 Å². The zero-order valence-electron chi connectivity index (χ0n) is 14.8. The van der Waals surface area contributed by atoms with Gasteiger partial charge in [-0.3, -0.25) is 4.79 Å². The fourth-order valence-electron chi connectivity index (χ4n) is 2.57. The maximum absolute atomic E-state index is 12.2. The van der Waals surface area contributed by atoms with Crippen LogP contribution in [-0.2, 0) is 11.2 Å². The zero-order valence-corrected chi connectivity index (χ0v) is 15.6. The molecule has 0 saturated carbocycles. The molecule has 0 spiro atoms. The molecule has 26 heavy (non-hydrogen) atoms. The Balaban J connectivity index is 1.58. The predicted molar refractivity (Wildman–Crippen MR) is 105 cm³/mol.